The Hall–Kier alpha value is -0.580. The van der Waals surface area contributed by atoms with Crippen LogP contribution in [0.1, 0.15) is 10.4 Å². The quantitative estimate of drug-likeness (QED) is 0.754. The fourth-order valence-electron chi connectivity index (χ4n) is 1.40. The minimum Gasteiger partial charge on any atom is -0.332 e. The van der Waals surface area contributed by atoms with E-state index >= 15 is 0 Å². The third-order valence-electron chi connectivity index (χ3n) is 2.18. The predicted molar refractivity (Wildman–Crippen MR) is 69.1 cm³/mol. The Labute approximate surface area is 118 Å². The number of rotatable bonds is 5. The summed E-state index contributed by atoms with van der Waals surface area (Å²) in [6.07, 6.45) is -2.64. The van der Waals surface area contributed by atoms with Crippen LogP contribution in [0.25, 0.3) is 0 Å². The molecule has 0 saturated carbocycles. The average molecular weight is 317 g/mol. The maximum absolute atomic E-state index is 12.4. The van der Waals surface area contributed by atoms with Gasteiger partial charge in [-0.15, -0.1) is 11.6 Å². The molecule has 0 unspecified atom stereocenters. The van der Waals surface area contributed by atoms with Crippen LogP contribution < -0.4 is 0 Å². The van der Waals surface area contributed by atoms with Gasteiger partial charge in [-0.1, -0.05) is 29.3 Å². The lowest BCUT2D eigenvalue weighted by Gasteiger charge is -2.22. The van der Waals surface area contributed by atoms with Crippen molar-refractivity contribution >= 4 is 40.7 Å². The molecule has 0 heterocycles. The maximum Gasteiger partial charge on any atom is 0.257 e. The second kappa shape index (κ2) is 7.12. The van der Waals surface area contributed by atoms with Crippen molar-refractivity contribution in [1.82, 2.24) is 4.90 Å². The molecule has 0 spiro atoms. The normalized spacial score (nSPS) is 10.8. The van der Waals surface area contributed by atoms with Crippen molar-refractivity contribution in [2.75, 3.05) is 19.0 Å². The summed E-state index contributed by atoms with van der Waals surface area (Å²) >= 11 is 17.2. The molecule has 0 saturated heterocycles. The van der Waals surface area contributed by atoms with E-state index in [9.17, 15) is 13.6 Å². The lowest BCUT2D eigenvalue weighted by Crippen LogP contribution is -2.36. The molecule has 7 heteroatoms. The second-order valence-corrected chi connectivity index (χ2v) is 4.62. The molecule has 0 atom stereocenters. The number of carbonyl (C=O) groups is 1. The van der Waals surface area contributed by atoms with E-state index in [1.54, 1.807) is 6.07 Å². The standard InChI is InChI=1S/C11H10Cl3F2NO/c12-4-5-17(6-9(15)16)11(18)10-7(13)2-1-3-8(10)14/h1-3,9H,4-6H2. The first-order valence-electron chi connectivity index (χ1n) is 5.04. The summed E-state index contributed by atoms with van der Waals surface area (Å²) < 4.78 is 24.8. The van der Waals surface area contributed by atoms with Crippen LogP contribution in [-0.4, -0.2) is 36.2 Å². The highest BCUT2D eigenvalue weighted by molar-refractivity contribution is 6.39. The first kappa shape index (κ1) is 15.5. The Bertz CT molecular complexity index is 408. The number of hydrogen-bond acceptors (Lipinski definition) is 1. The Balaban J connectivity index is 3.01. The lowest BCUT2D eigenvalue weighted by molar-refractivity contribution is 0.0571. The van der Waals surface area contributed by atoms with Crippen LogP contribution >= 0.6 is 34.8 Å². The van der Waals surface area contributed by atoms with Crippen LogP contribution in [0.3, 0.4) is 0 Å². The average Bonchev–Trinajstić information content (AvgIpc) is 2.27. The molecule has 0 N–H and O–H groups in total. The van der Waals surface area contributed by atoms with Gasteiger partial charge in [0.15, 0.2) is 0 Å². The van der Waals surface area contributed by atoms with Crippen molar-refractivity contribution in [2.45, 2.75) is 6.43 Å². The van der Waals surface area contributed by atoms with Gasteiger partial charge in [0, 0.05) is 12.4 Å². The summed E-state index contributed by atoms with van der Waals surface area (Å²) in [5.41, 5.74) is 0.0200. The van der Waals surface area contributed by atoms with Crippen molar-refractivity contribution in [3.05, 3.63) is 33.8 Å². The van der Waals surface area contributed by atoms with Crippen LogP contribution in [0.15, 0.2) is 18.2 Å². The van der Waals surface area contributed by atoms with Gasteiger partial charge >= 0.3 is 0 Å². The van der Waals surface area contributed by atoms with Crippen molar-refractivity contribution in [1.29, 1.82) is 0 Å². The number of carbonyl (C=O) groups excluding carboxylic acids is 1. The first-order valence-corrected chi connectivity index (χ1v) is 6.33. The number of halogens is 5. The second-order valence-electron chi connectivity index (χ2n) is 3.43. The highest BCUT2D eigenvalue weighted by atomic mass is 35.5. The Morgan fingerprint density at radius 1 is 1.28 bits per heavy atom. The van der Waals surface area contributed by atoms with E-state index in [4.69, 9.17) is 34.8 Å². The minimum absolute atomic E-state index is 0.00623. The van der Waals surface area contributed by atoms with E-state index in [1.165, 1.54) is 12.1 Å². The van der Waals surface area contributed by atoms with Gasteiger partial charge in [-0.3, -0.25) is 4.79 Å². The molecule has 0 aliphatic rings. The molecular formula is C11H10Cl3F2NO. The molecule has 0 aromatic heterocycles. The smallest absolute Gasteiger partial charge is 0.257 e. The van der Waals surface area contributed by atoms with E-state index in [-0.39, 0.29) is 28.0 Å². The number of amides is 1. The molecule has 1 amide bonds. The summed E-state index contributed by atoms with van der Waals surface area (Å²) in [6, 6.07) is 4.52. The van der Waals surface area contributed by atoms with Crippen molar-refractivity contribution < 1.29 is 13.6 Å². The van der Waals surface area contributed by atoms with Crippen molar-refractivity contribution in [3.8, 4) is 0 Å². The predicted octanol–water partition coefficient (Wildman–Crippen LogP) is 3.94. The van der Waals surface area contributed by atoms with Crippen LogP contribution in [0.2, 0.25) is 10.0 Å². The van der Waals surface area contributed by atoms with Gasteiger partial charge in [0.05, 0.1) is 22.2 Å². The van der Waals surface area contributed by atoms with E-state index in [1.807, 2.05) is 0 Å². The van der Waals surface area contributed by atoms with Gasteiger partial charge in [0.1, 0.15) is 0 Å². The fraction of sp³-hybridized carbons (Fsp3) is 0.364. The van der Waals surface area contributed by atoms with E-state index in [0.717, 1.165) is 4.90 Å². The SMILES string of the molecule is O=C(c1c(Cl)cccc1Cl)N(CCCl)CC(F)F. The molecule has 0 aliphatic carbocycles. The molecule has 18 heavy (non-hydrogen) atoms. The van der Waals surface area contributed by atoms with Gasteiger partial charge in [0.25, 0.3) is 12.3 Å². The largest absolute Gasteiger partial charge is 0.332 e. The van der Waals surface area contributed by atoms with Gasteiger partial charge in [0.2, 0.25) is 0 Å². The molecule has 1 aromatic rings. The molecule has 1 rings (SSSR count). The Morgan fingerprint density at radius 3 is 2.28 bits per heavy atom. The van der Waals surface area contributed by atoms with Gasteiger partial charge < -0.3 is 4.90 Å². The van der Waals surface area contributed by atoms with E-state index in [0.29, 0.717) is 0 Å². The fourth-order valence-corrected chi connectivity index (χ4v) is 2.17. The summed E-state index contributed by atoms with van der Waals surface area (Å²) in [6.45, 7) is -0.695. The van der Waals surface area contributed by atoms with Crippen LogP contribution in [0.5, 0.6) is 0 Å². The zero-order chi connectivity index (χ0) is 13.7. The minimum atomic E-state index is -2.64. The number of nitrogens with zero attached hydrogens (tertiary/aromatic N) is 1. The van der Waals surface area contributed by atoms with Crippen LogP contribution in [0.4, 0.5) is 8.78 Å². The number of hydrogen-bond donors (Lipinski definition) is 0. The molecule has 100 valence electrons. The Morgan fingerprint density at radius 2 is 1.83 bits per heavy atom. The molecule has 0 fully saturated rings. The summed E-state index contributed by atoms with van der Waals surface area (Å²) in [5.74, 6) is -0.591. The monoisotopic (exact) mass is 315 g/mol. The highest BCUT2D eigenvalue weighted by Gasteiger charge is 2.23. The van der Waals surface area contributed by atoms with Crippen molar-refractivity contribution in [2.24, 2.45) is 0 Å². The van der Waals surface area contributed by atoms with Gasteiger partial charge in [-0.05, 0) is 12.1 Å². The topological polar surface area (TPSA) is 20.3 Å². The maximum atomic E-state index is 12.4. The molecular weight excluding hydrogens is 306 g/mol. The van der Waals surface area contributed by atoms with E-state index in [2.05, 4.69) is 0 Å². The van der Waals surface area contributed by atoms with Crippen LogP contribution in [0, 0.1) is 0 Å². The Kier molecular flexibility index (Phi) is 6.12. The van der Waals surface area contributed by atoms with Gasteiger partial charge in [-0.25, -0.2) is 8.78 Å². The molecule has 2 nitrogen and oxygen atoms in total. The third kappa shape index (κ3) is 3.97. The van der Waals surface area contributed by atoms with Crippen LogP contribution in [-0.2, 0) is 0 Å². The highest BCUT2D eigenvalue weighted by Crippen LogP contribution is 2.25. The molecule has 0 bridgehead atoms. The van der Waals surface area contributed by atoms with Crippen molar-refractivity contribution in [3.63, 3.8) is 0 Å². The molecule has 1 aromatic carbocycles. The summed E-state index contributed by atoms with van der Waals surface area (Å²) in [4.78, 5) is 13.0. The first-order chi connectivity index (χ1) is 8.47. The zero-order valence-corrected chi connectivity index (χ0v) is 11.4. The summed E-state index contributed by atoms with van der Waals surface area (Å²) in [5, 5.41) is 0.252. The summed E-state index contributed by atoms with van der Waals surface area (Å²) in [7, 11) is 0. The number of benzene rings is 1. The number of alkyl halides is 3. The zero-order valence-electron chi connectivity index (χ0n) is 9.18. The third-order valence-corrected chi connectivity index (χ3v) is 2.98. The van der Waals surface area contributed by atoms with E-state index < -0.39 is 18.9 Å². The molecule has 0 radical (unpaired) electrons. The van der Waals surface area contributed by atoms with Gasteiger partial charge in [-0.2, -0.15) is 0 Å². The molecule has 0 aliphatic heterocycles. The lowest BCUT2D eigenvalue weighted by atomic mass is 10.2.